The average molecular weight is 478 g/mol. The first-order valence-electron chi connectivity index (χ1n) is 9.11. The lowest BCUT2D eigenvalue weighted by atomic mass is 10.1. The highest BCUT2D eigenvalue weighted by Crippen LogP contribution is 2.36. The van der Waals surface area contributed by atoms with Crippen LogP contribution in [0, 0.1) is 10.1 Å². The van der Waals surface area contributed by atoms with E-state index in [4.69, 9.17) is 4.74 Å². The fraction of sp³-hybridized carbons (Fsp3) is 0.167. The first-order valence-corrected chi connectivity index (χ1v) is 9.94. The third kappa shape index (κ3) is 4.87. The third-order valence-corrected chi connectivity index (χ3v) is 4.87. The quantitative estimate of drug-likeness (QED) is 0.308. The highest BCUT2D eigenvalue weighted by atomic mass is 32.1. The summed E-state index contributed by atoms with van der Waals surface area (Å²) in [6.07, 6.45) is -3.70. The molecule has 4 rings (SSSR count). The number of benzene rings is 1. The Hall–Kier alpha value is -4.14. The number of rotatable bonds is 7. The van der Waals surface area contributed by atoms with Crippen LogP contribution >= 0.6 is 11.5 Å². The van der Waals surface area contributed by atoms with E-state index in [1.54, 1.807) is 17.5 Å². The standard InChI is InChI=1S/C18H13F3N8O3S/c1-28-14(6-13(26-28)18(19,20)21)32-17-15(29(30)31)16(23-9-24-17)22-7-10-2-4-11(5-3-10)12-8-33-27-25-12/h2-6,8-9H,7H2,1H3,(H,22,23,24). The summed E-state index contributed by atoms with van der Waals surface area (Å²) < 4.78 is 48.5. The maximum absolute atomic E-state index is 12.9. The fourth-order valence-corrected chi connectivity index (χ4v) is 3.25. The number of anilines is 1. The molecule has 0 unspecified atom stereocenters. The van der Waals surface area contributed by atoms with E-state index >= 15 is 0 Å². The van der Waals surface area contributed by atoms with Gasteiger partial charge in [-0.2, -0.15) is 23.3 Å². The number of nitrogens with zero attached hydrogens (tertiary/aromatic N) is 7. The SMILES string of the molecule is Cn1nc(C(F)(F)F)cc1Oc1ncnc(NCc2ccc(-c3csnn3)cc2)c1[N+](=O)[O-]. The molecule has 0 radical (unpaired) electrons. The van der Waals surface area contributed by atoms with E-state index < -0.39 is 28.4 Å². The number of aryl methyl sites for hydroxylation is 1. The van der Waals surface area contributed by atoms with Crippen molar-refractivity contribution in [3.05, 3.63) is 63.4 Å². The molecular weight excluding hydrogens is 465 g/mol. The maximum Gasteiger partial charge on any atom is 0.435 e. The summed E-state index contributed by atoms with van der Waals surface area (Å²) in [4.78, 5) is 18.5. The van der Waals surface area contributed by atoms with Crippen LogP contribution in [-0.4, -0.2) is 34.3 Å². The maximum atomic E-state index is 12.9. The zero-order valence-corrected chi connectivity index (χ0v) is 17.5. The van der Waals surface area contributed by atoms with Gasteiger partial charge >= 0.3 is 17.7 Å². The average Bonchev–Trinajstić information content (AvgIpc) is 3.43. The van der Waals surface area contributed by atoms with Crippen LogP contribution in [0.4, 0.5) is 24.7 Å². The van der Waals surface area contributed by atoms with Gasteiger partial charge in [0.1, 0.15) is 12.0 Å². The molecular formula is C18H13F3N8O3S. The van der Waals surface area contributed by atoms with Crippen LogP contribution in [-0.2, 0) is 19.8 Å². The van der Waals surface area contributed by atoms with Gasteiger partial charge < -0.3 is 10.1 Å². The normalized spacial score (nSPS) is 11.4. The summed E-state index contributed by atoms with van der Waals surface area (Å²) in [6.45, 7) is 0.177. The van der Waals surface area contributed by atoms with Crippen molar-refractivity contribution in [1.82, 2.24) is 29.3 Å². The Morgan fingerprint density at radius 3 is 2.61 bits per heavy atom. The molecule has 0 aliphatic rings. The fourth-order valence-electron chi connectivity index (χ4n) is 2.78. The Bertz CT molecular complexity index is 1280. The van der Waals surface area contributed by atoms with Gasteiger partial charge in [0.25, 0.3) is 0 Å². The molecule has 0 saturated carbocycles. The van der Waals surface area contributed by atoms with Gasteiger partial charge in [-0.3, -0.25) is 10.1 Å². The lowest BCUT2D eigenvalue weighted by molar-refractivity contribution is -0.385. The predicted molar refractivity (Wildman–Crippen MR) is 110 cm³/mol. The molecule has 4 aromatic rings. The molecule has 0 spiro atoms. The summed E-state index contributed by atoms with van der Waals surface area (Å²) in [5, 5.41) is 23.6. The molecule has 1 N–H and O–H groups in total. The first kappa shape index (κ1) is 22.1. The highest BCUT2D eigenvalue weighted by molar-refractivity contribution is 7.03. The summed E-state index contributed by atoms with van der Waals surface area (Å²) in [7, 11) is 1.21. The van der Waals surface area contributed by atoms with E-state index in [2.05, 4.69) is 30.0 Å². The molecule has 15 heteroatoms. The molecule has 3 heterocycles. The zero-order chi connectivity index (χ0) is 23.6. The van der Waals surface area contributed by atoms with Crippen molar-refractivity contribution in [2.24, 2.45) is 7.05 Å². The minimum absolute atomic E-state index is 0.156. The number of ether oxygens (including phenoxy) is 1. The van der Waals surface area contributed by atoms with Crippen molar-refractivity contribution in [3.8, 4) is 23.0 Å². The van der Waals surface area contributed by atoms with Gasteiger partial charge in [0, 0.05) is 30.6 Å². The Labute approximate surface area is 187 Å². The Morgan fingerprint density at radius 2 is 2.00 bits per heavy atom. The summed E-state index contributed by atoms with van der Waals surface area (Å²) in [6, 6.07) is 7.90. The molecule has 33 heavy (non-hydrogen) atoms. The molecule has 0 atom stereocenters. The van der Waals surface area contributed by atoms with Gasteiger partial charge in [-0.05, 0) is 17.1 Å². The van der Waals surface area contributed by atoms with Crippen LogP contribution in [0.3, 0.4) is 0 Å². The van der Waals surface area contributed by atoms with E-state index in [1.807, 2.05) is 12.1 Å². The van der Waals surface area contributed by atoms with Crippen molar-refractivity contribution in [1.29, 1.82) is 0 Å². The van der Waals surface area contributed by atoms with Crippen LogP contribution in [0.5, 0.6) is 11.8 Å². The van der Waals surface area contributed by atoms with Crippen LogP contribution in [0.1, 0.15) is 11.3 Å². The number of alkyl halides is 3. The number of aromatic nitrogens is 6. The molecule has 0 fully saturated rings. The van der Waals surface area contributed by atoms with E-state index in [1.165, 1.54) is 18.6 Å². The Balaban J connectivity index is 1.54. The Kier molecular flexibility index (Phi) is 5.87. The molecule has 11 nitrogen and oxygen atoms in total. The van der Waals surface area contributed by atoms with E-state index in [0.29, 0.717) is 6.07 Å². The lowest BCUT2D eigenvalue weighted by Crippen LogP contribution is -2.07. The molecule has 0 aliphatic heterocycles. The minimum Gasteiger partial charge on any atom is -0.415 e. The van der Waals surface area contributed by atoms with Crippen LogP contribution in [0.2, 0.25) is 0 Å². The molecule has 0 saturated heterocycles. The largest absolute Gasteiger partial charge is 0.435 e. The van der Waals surface area contributed by atoms with Crippen LogP contribution < -0.4 is 10.1 Å². The number of halogens is 3. The molecule has 170 valence electrons. The van der Waals surface area contributed by atoms with Gasteiger partial charge in [0.15, 0.2) is 5.69 Å². The highest BCUT2D eigenvalue weighted by Gasteiger charge is 2.35. The van der Waals surface area contributed by atoms with Crippen LogP contribution in [0.25, 0.3) is 11.3 Å². The predicted octanol–water partition coefficient (Wildman–Crippen LogP) is 4.06. The van der Waals surface area contributed by atoms with E-state index in [-0.39, 0.29) is 18.2 Å². The van der Waals surface area contributed by atoms with Crippen LogP contribution in [0.15, 0.2) is 42.0 Å². The van der Waals surface area contributed by atoms with Gasteiger partial charge in [0.2, 0.25) is 11.7 Å². The zero-order valence-electron chi connectivity index (χ0n) is 16.6. The molecule has 0 amide bonds. The first-order chi connectivity index (χ1) is 15.7. The Morgan fingerprint density at radius 1 is 1.24 bits per heavy atom. The summed E-state index contributed by atoms with van der Waals surface area (Å²) in [5.74, 6) is -1.06. The lowest BCUT2D eigenvalue weighted by Gasteiger charge is -2.09. The minimum atomic E-state index is -4.70. The molecule has 0 aliphatic carbocycles. The van der Waals surface area contributed by atoms with Gasteiger partial charge in [-0.25, -0.2) is 9.67 Å². The number of nitro groups is 1. The second-order valence-electron chi connectivity index (χ2n) is 6.57. The topological polar surface area (TPSA) is 134 Å². The summed E-state index contributed by atoms with van der Waals surface area (Å²) >= 11 is 1.23. The molecule has 0 bridgehead atoms. The van der Waals surface area contributed by atoms with Crippen molar-refractivity contribution in [2.45, 2.75) is 12.7 Å². The van der Waals surface area contributed by atoms with Crippen molar-refractivity contribution < 1.29 is 22.8 Å². The van der Waals surface area contributed by atoms with Gasteiger partial charge in [-0.1, -0.05) is 28.8 Å². The summed E-state index contributed by atoms with van der Waals surface area (Å²) in [5.41, 5.74) is 0.560. The molecule has 3 aromatic heterocycles. The van der Waals surface area contributed by atoms with Gasteiger partial charge in [0.05, 0.1) is 4.92 Å². The van der Waals surface area contributed by atoms with Crippen molar-refractivity contribution in [2.75, 3.05) is 5.32 Å². The third-order valence-electron chi connectivity index (χ3n) is 4.37. The number of hydrogen-bond acceptors (Lipinski definition) is 10. The smallest absolute Gasteiger partial charge is 0.415 e. The van der Waals surface area contributed by atoms with Gasteiger partial charge in [-0.15, -0.1) is 5.10 Å². The second-order valence-corrected chi connectivity index (χ2v) is 7.17. The molecule has 1 aromatic carbocycles. The van der Waals surface area contributed by atoms with Crippen molar-refractivity contribution in [3.63, 3.8) is 0 Å². The monoisotopic (exact) mass is 478 g/mol. The number of hydrogen-bond donors (Lipinski definition) is 1. The van der Waals surface area contributed by atoms with E-state index in [9.17, 15) is 23.3 Å². The van der Waals surface area contributed by atoms with E-state index in [0.717, 1.165) is 27.8 Å². The second kappa shape index (κ2) is 8.78. The van der Waals surface area contributed by atoms with Crippen molar-refractivity contribution >= 4 is 23.0 Å². The number of nitrogens with one attached hydrogen (secondary N) is 1.